The zero-order chi connectivity index (χ0) is 19.4. The number of hydrogen-bond acceptors (Lipinski definition) is 6. The summed E-state index contributed by atoms with van der Waals surface area (Å²) in [6, 6.07) is 10.6. The Hall–Kier alpha value is -2.29. The van der Waals surface area contributed by atoms with Crippen molar-refractivity contribution in [1.82, 2.24) is 0 Å². The van der Waals surface area contributed by atoms with Gasteiger partial charge in [-0.2, -0.15) is 0 Å². The van der Waals surface area contributed by atoms with Crippen LogP contribution in [-0.2, 0) is 14.6 Å². The summed E-state index contributed by atoms with van der Waals surface area (Å²) in [5.74, 6) is -1.05. The van der Waals surface area contributed by atoms with E-state index in [0.29, 0.717) is 22.1 Å². The van der Waals surface area contributed by atoms with Crippen molar-refractivity contribution in [1.29, 1.82) is 0 Å². The van der Waals surface area contributed by atoms with Crippen molar-refractivity contribution in [2.75, 3.05) is 13.3 Å². The van der Waals surface area contributed by atoms with Gasteiger partial charge < -0.3 is 20.3 Å². The fourth-order valence-corrected chi connectivity index (χ4v) is 6.31. The van der Waals surface area contributed by atoms with E-state index in [-0.39, 0.29) is 18.2 Å². The topological polar surface area (TPSA) is 116 Å². The van der Waals surface area contributed by atoms with Crippen LogP contribution >= 0.6 is 11.6 Å². The molecule has 3 unspecified atom stereocenters. The van der Waals surface area contributed by atoms with Crippen LogP contribution in [0.15, 0.2) is 47.4 Å². The number of carboxylic acid groups (broad SMARTS) is 1. The number of benzene rings is 2. The highest BCUT2D eigenvalue weighted by Gasteiger charge is 2.75. The van der Waals surface area contributed by atoms with Gasteiger partial charge in [0, 0.05) is 17.5 Å². The van der Waals surface area contributed by atoms with E-state index in [0.717, 1.165) is 0 Å². The van der Waals surface area contributed by atoms with Gasteiger partial charge in [-0.1, -0.05) is 17.7 Å². The maximum atomic E-state index is 13.2. The molecule has 0 radical (unpaired) electrons. The molecule has 2 aromatic carbocycles. The highest BCUT2D eigenvalue weighted by atomic mass is 35.5. The number of hydrogen-bond donors (Lipinski definition) is 2. The van der Waals surface area contributed by atoms with Crippen LogP contribution in [-0.4, -0.2) is 38.1 Å². The molecule has 1 saturated carbocycles. The number of carboxylic acids is 1. The third-order valence-corrected chi connectivity index (χ3v) is 7.77. The molecule has 3 N–H and O–H groups in total. The number of fused-ring (bicyclic) bond motifs is 1. The van der Waals surface area contributed by atoms with Gasteiger partial charge in [0.2, 0.25) is 6.79 Å². The van der Waals surface area contributed by atoms with E-state index in [9.17, 15) is 18.3 Å². The van der Waals surface area contributed by atoms with Gasteiger partial charge in [-0.05, 0) is 42.0 Å². The maximum absolute atomic E-state index is 13.2. The quantitative estimate of drug-likeness (QED) is 0.776. The molecule has 0 saturated heterocycles. The Morgan fingerprint density at radius 3 is 2.48 bits per heavy atom. The Morgan fingerprint density at radius 1 is 1.19 bits per heavy atom. The number of carbonyl (C=O) groups is 1. The van der Waals surface area contributed by atoms with Gasteiger partial charge in [-0.3, -0.25) is 4.79 Å². The summed E-state index contributed by atoms with van der Waals surface area (Å²) < 4.78 is 37.0. The number of aliphatic carboxylic acids is 1. The lowest BCUT2D eigenvalue weighted by molar-refractivity contribution is -0.143. The van der Waals surface area contributed by atoms with Crippen molar-refractivity contribution in [2.45, 2.75) is 16.1 Å². The molecule has 0 amide bonds. The predicted octanol–water partition coefficient (Wildman–Crippen LogP) is 2.04. The first-order chi connectivity index (χ1) is 12.8. The molecule has 1 aliphatic heterocycles. The summed E-state index contributed by atoms with van der Waals surface area (Å²) in [4.78, 5) is 12.1. The molecule has 0 bridgehead atoms. The number of sulfone groups is 1. The number of nitrogens with two attached hydrogens (primary N) is 1. The second-order valence-corrected chi connectivity index (χ2v) is 9.07. The largest absolute Gasteiger partial charge is 0.481 e. The van der Waals surface area contributed by atoms with E-state index in [4.69, 9.17) is 26.8 Å². The average molecular weight is 410 g/mol. The Bertz CT molecular complexity index is 1020. The minimum absolute atomic E-state index is 0.0132. The van der Waals surface area contributed by atoms with Crippen molar-refractivity contribution in [2.24, 2.45) is 11.1 Å². The molecule has 1 aliphatic carbocycles. The summed E-state index contributed by atoms with van der Waals surface area (Å²) in [6.07, 6.45) is 0. The van der Waals surface area contributed by atoms with Gasteiger partial charge >= 0.3 is 5.97 Å². The molecule has 3 atom stereocenters. The second kappa shape index (κ2) is 6.12. The first kappa shape index (κ1) is 18.1. The molecule has 2 aromatic rings. The summed E-state index contributed by atoms with van der Waals surface area (Å²) in [5, 5.41) is 9.04. The van der Waals surface area contributed by atoms with Crippen molar-refractivity contribution >= 4 is 27.4 Å². The lowest BCUT2D eigenvalue weighted by Crippen LogP contribution is -2.31. The van der Waals surface area contributed by atoms with Crippen molar-refractivity contribution in [3.05, 3.63) is 53.1 Å². The van der Waals surface area contributed by atoms with Gasteiger partial charge in [0.25, 0.3) is 0 Å². The summed E-state index contributed by atoms with van der Waals surface area (Å²) >= 11 is 5.83. The second-order valence-electron chi connectivity index (χ2n) is 6.56. The predicted molar refractivity (Wildman–Crippen MR) is 96.9 cm³/mol. The highest BCUT2D eigenvalue weighted by molar-refractivity contribution is 7.92. The first-order valence-corrected chi connectivity index (χ1v) is 10.1. The SMILES string of the molecule is NCC1(C(=O)O)C(c2ccc3c(c2)OCO3)C1S(=O)(=O)c1ccc(Cl)cc1. The molecule has 4 rings (SSSR count). The summed E-state index contributed by atoms with van der Waals surface area (Å²) in [6.45, 7) is -0.240. The minimum atomic E-state index is -3.95. The Labute approximate surface area is 160 Å². The zero-order valence-electron chi connectivity index (χ0n) is 14.0. The fourth-order valence-electron chi connectivity index (χ4n) is 3.80. The van der Waals surface area contributed by atoms with Crippen LogP contribution in [0.2, 0.25) is 5.02 Å². The van der Waals surface area contributed by atoms with Crippen LogP contribution in [0.1, 0.15) is 11.5 Å². The van der Waals surface area contributed by atoms with Gasteiger partial charge in [0.1, 0.15) is 5.41 Å². The van der Waals surface area contributed by atoms with E-state index in [2.05, 4.69) is 0 Å². The lowest BCUT2D eigenvalue weighted by atomic mass is 9.99. The van der Waals surface area contributed by atoms with Crippen LogP contribution in [0, 0.1) is 5.41 Å². The Kier molecular flexibility index (Phi) is 4.10. The number of ether oxygens (including phenoxy) is 2. The number of rotatable bonds is 5. The third-order valence-electron chi connectivity index (χ3n) is 5.22. The molecule has 7 nitrogen and oxygen atoms in total. The van der Waals surface area contributed by atoms with Crippen LogP contribution in [0.25, 0.3) is 0 Å². The lowest BCUT2D eigenvalue weighted by Gasteiger charge is -2.10. The molecule has 142 valence electrons. The van der Waals surface area contributed by atoms with Crippen molar-refractivity contribution in [3.8, 4) is 11.5 Å². The van der Waals surface area contributed by atoms with Gasteiger partial charge in [-0.25, -0.2) is 8.42 Å². The monoisotopic (exact) mass is 409 g/mol. The molecule has 2 aliphatic rings. The Morgan fingerprint density at radius 2 is 1.85 bits per heavy atom. The maximum Gasteiger partial charge on any atom is 0.312 e. The minimum Gasteiger partial charge on any atom is -0.481 e. The van der Waals surface area contributed by atoms with Gasteiger partial charge in [-0.15, -0.1) is 0 Å². The van der Waals surface area contributed by atoms with E-state index in [1.165, 1.54) is 24.3 Å². The fraction of sp³-hybridized carbons (Fsp3) is 0.278. The van der Waals surface area contributed by atoms with Gasteiger partial charge in [0.15, 0.2) is 21.3 Å². The molecule has 1 heterocycles. The van der Waals surface area contributed by atoms with Crippen LogP contribution < -0.4 is 15.2 Å². The third kappa shape index (κ3) is 2.59. The summed E-state index contributed by atoms with van der Waals surface area (Å²) in [7, 11) is -3.95. The molecular formula is C18H16ClNO6S. The van der Waals surface area contributed by atoms with Gasteiger partial charge in [0.05, 0.1) is 10.1 Å². The van der Waals surface area contributed by atoms with E-state index >= 15 is 0 Å². The van der Waals surface area contributed by atoms with E-state index in [1.54, 1.807) is 18.2 Å². The average Bonchev–Trinajstić information content (AvgIpc) is 3.15. The normalized spacial score (nSPS) is 26.0. The molecule has 27 heavy (non-hydrogen) atoms. The molecular weight excluding hydrogens is 394 g/mol. The molecule has 0 aromatic heterocycles. The van der Waals surface area contributed by atoms with Crippen molar-refractivity contribution in [3.63, 3.8) is 0 Å². The standard InChI is InChI=1S/C18H16ClNO6S/c19-11-2-4-12(5-3-11)27(23,24)16-15(18(16,8-20)17(21)22)10-1-6-13-14(7-10)26-9-25-13/h1-7,15-16H,8-9,20H2,(H,21,22). The van der Waals surface area contributed by atoms with Crippen LogP contribution in [0.3, 0.4) is 0 Å². The number of halogens is 1. The highest BCUT2D eigenvalue weighted by Crippen LogP contribution is 2.64. The smallest absolute Gasteiger partial charge is 0.312 e. The molecule has 0 spiro atoms. The van der Waals surface area contributed by atoms with Crippen LogP contribution in [0.5, 0.6) is 11.5 Å². The van der Waals surface area contributed by atoms with E-state index in [1.807, 2.05) is 0 Å². The Balaban J connectivity index is 1.80. The van der Waals surface area contributed by atoms with E-state index < -0.39 is 32.4 Å². The molecule has 1 fully saturated rings. The molecule has 9 heteroatoms. The summed E-state index contributed by atoms with van der Waals surface area (Å²) in [5.41, 5.74) is 4.71. The van der Waals surface area contributed by atoms with Crippen LogP contribution in [0.4, 0.5) is 0 Å². The first-order valence-electron chi connectivity index (χ1n) is 8.15. The van der Waals surface area contributed by atoms with Crippen molar-refractivity contribution < 1.29 is 27.8 Å². The zero-order valence-corrected chi connectivity index (χ0v) is 15.5.